The van der Waals surface area contributed by atoms with Gasteiger partial charge in [0.1, 0.15) is 17.2 Å². The number of benzene rings is 1. The third kappa shape index (κ3) is 4.48. The lowest BCUT2D eigenvalue weighted by Crippen LogP contribution is -2.30. The van der Waals surface area contributed by atoms with Crippen molar-refractivity contribution in [2.24, 2.45) is 0 Å². The molecule has 0 aliphatic carbocycles. The van der Waals surface area contributed by atoms with Gasteiger partial charge in [0.05, 0.1) is 12.7 Å². The van der Waals surface area contributed by atoms with Gasteiger partial charge in [-0.1, -0.05) is 24.3 Å². The highest BCUT2D eigenvalue weighted by atomic mass is 16.5. The summed E-state index contributed by atoms with van der Waals surface area (Å²) in [6.07, 6.45) is 3.88. The number of amides is 1. The van der Waals surface area contributed by atoms with Gasteiger partial charge in [-0.25, -0.2) is 0 Å². The molecule has 10 nitrogen and oxygen atoms in total. The first-order chi connectivity index (χ1) is 17.5. The van der Waals surface area contributed by atoms with E-state index in [0.717, 1.165) is 11.5 Å². The van der Waals surface area contributed by atoms with Crippen molar-refractivity contribution in [1.82, 2.24) is 29.3 Å². The molecule has 0 bridgehead atoms. The van der Waals surface area contributed by atoms with E-state index < -0.39 is 17.4 Å². The second kappa shape index (κ2) is 9.87. The van der Waals surface area contributed by atoms with E-state index >= 15 is 0 Å². The molecule has 0 fully saturated rings. The third-order valence-corrected chi connectivity index (χ3v) is 6.06. The van der Waals surface area contributed by atoms with Gasteiger partial charge in [0, 0.05) is 37.7 Å². The summed E-state index contributed by atoms with van der Waals surface area (Å²) in [7, 11) is 1.56. The van der Waals surface area contributed by atoms with Crippen molar-refractivity contribution in [3.05, 3.63) is 100 Å². The Hall–Kier alpha value is -4.73. The molecule has 182 valence electrons. The molecule has 1 unspecified atom stereocenters. The topological polar surface area (TPSA) is 123 Å². The second-order valence-electron chi connectivity index (χ2n) is 8.26. The molecule has 0 radical (unpaired) electrons. The monoisotopic (exact) mass is 484 g/mol. The van der Waals surface area contributed by atoms with Crippen LogP contribution in [0.2, 0.25) is 0 Å². The highest BCUT2D eigenvalue weighted by Gasteiger charge is 2.26. The zero-order valence-electron chi connectivity index (χ0n) is 19.5. The number of fused-ring (bicyclic) bond motifs is 2. The van der Waals surface area contributed by atoms with Gasteiger partial charge >= 0.3 is 0 Å². The first kappa shape index (κ1) is 23.0. The Morgan fingerprint density at radius 2 is 1.72 bits per heavy atom. The van der Waals surface area contributed by atoms with Gasteiger partial charge in [-0.3, -0.25) is 18.4 Å². The van der Waals surface area contributed by atoms with Gasteiger partial charge in [-0.05, 0) is 42.0 Å². The number of carbonyl (C=O) groups excluding carboxylic acids is 1. The van der Waals surface area contributed by atoms with Crippen molar-refractivity contribution < 1.29 is 14.6 Å². The number of rotatable bonds is 8. The van der Waals surface area contributed by atoms with Gasteiger partial charge in [0.25, 0.3) is 5.56 Å². The SMILES string of the molecule is COc1ccc(C(CC(=O)NCCc2nnc3ccccn23)c2c(O)nc3ccccn3c2=O)cc1. The van der Waals surface area contributed by atoms with Crippen LogP contribution < -0.4 is 15.6 Å². The first-order valence-electron chi connectivity index (χ1n) is 11.4. The summed E-state index contributed by atoms with van der Waals surface area (Å²) in [4.78, 5) is 30.6. The summed E-state index contributed by atoms with van der Waals surface area (Å²) in [6.45, 7) is 0.338. The third-order valence-electron chi connectivity index (χ3n) is 6.06. The molecule has 0 saturated heterocycles. The minimum absolute atomic E-state index is 0.0578. The van der Waals surface area contributed by atoms with E-state index in [-0.39, 0.29) is 17.9 Å². The smallest absolute Gasteiger partial charge is 0.265 e. The molecular formula is C26H24N6O4. The molecule has 1 amide bonds. The van der Waals surface area contributed by atoms with E-state index in [9.17, 15) is 14.7 Å². The minimum atomic E-state index is -0.720. The normalized spacial score (nSPS) is 12.0. The molecular weight excluding hydrogens is 460 g/mol. The van der Waals surface area contributed by atoms with Crippen molar-refractivity contribution >= 4 is 17.2 Å². The Bertz CT molecular complexity index is 1590. The molecule has 1 aromatic carbocycles. The van der Waals surface area contributed by atoms with Crippen LogP contribution in [0.4, 0.5) is 0 Å². The summed E-state index contributed by atoms with van der Waals surface area (Å²) >= 11 is 0. The predicted octanol–water partition coefficient (Wildman–Crippen LogP) is 2.33. The van der Waals surface area contributed by atoms with Crippen molar-refractivity contribution in [3.8, 4) is 11.6 Å². The van der Waals surface area contributed by atoms with Crippen molar-refractivity contribution in [1.29, 1.82) is 0 Å². The first-order valence-corrected chi connectivity index (χ1v) is 11.4. The number of aromatic nitrogens is 5. The number of hydrogen-bond donors (Lipinski definition) is 2. The lowest BCUT2D eigenvalue weighted by Gasteiger charge is -2.19. The van der Waals surface area contributed by atoms with Crippen LogP contribution in [0, 0.1) is 0 Å². The van der Waals surface area contributed by atoms with Crippen LogP contribution in [0.25, 0.3) is 11.3 Å². The van der Waals surface area contributed by atoms with Crippen molar-refractivity contribution in [2.45, 2.75) is 18.8 Å². The Morgan fingerprint density at radius 1 is 1.00 bits per heavy atom. The fraction of sp³-hybridized carbons (Fsp3) is 0.192. The van der Waals surface area contributed by atoms with Crippen molar-refractivity contribution in [2.75, 3.05) is 13.7 Å². The largest absolute Gasteiger partial charge is 0.497 e. The number of nitrogens with zero attached hydrogens (tertiary/aromatic N) is 5. The number of pyridine rings is 2. The maximum absolute atomic E-state index is 13.4. The number of aromatic hydroxyl groups is 1. The Labute approximate surface area is 205 Å². The summed E-state index contributed by atoms with van der Waals surface area (Å²) in [5.41, 5.74) is 1.36. The van der Waals surface area contributed by atoms with Crippen LogP contribution >= 0.6 is 0 Å². The van der Waals surface area contributed by atoms with Crippen LogP contribution in [0.3, 0.4) is 0 Å². The summed E-state index contributed by atoms with van der Waals surface area (Å²) in [6, 6.07) is 17.8. The Balaban J connectivity index is 1.41. The van der Waals surface area contributed by atoms with E-state index in [1.807, 2.05) is 28.8 Å². The molecule has 4 heterocycles. The van der Waals surface area contributed by atoms with E-state index in [4.69, 9.17) is 4.74 Å². The number of hydrogen-bond acceptors (Lipinski definition) is 7. The predicted molar refractivity (Wildman–Crippen MR) is 132 cm³/mol. The van der Waals surface area contributed by atoms with Crippen LogP contribution in [0.5, 0.6) is 11.6 Å². The molecule has 4 aromatic heterocycles. The van der Waals surface area contributed by atoms with E-state index in [0.29, 0.717) is 29.9 Å². The fourth-order valence-electron chi connectivity index (χ4n) is 4.25. The van der Waals surface area contributed by atoms with Gasteiger partial charge < -0.3 is 15.2 Å². The molecule has 0 spiro atoms. The van der Waals surface area contributed by atoms with E-state index in [1.54, 1.807) is 55.8 Å². The fourth-order valence-corrected chi connectivity index (χ4v) is 4.25. The number of carbonyl (C=O) groups is 1. The summed E-state index contributed by atoms with van der Waals surface area (Å²) < 4.78 is 8.47. The second-order valence-corrected chi connectivity index (χ2v) is 8.26. The summed E-state index contributed by atoms with van der Waals surface area (Å²) in [5.74, 6) is -0.0226. The highest BCUT2D eigenvalue weighted by molar-refractivity contribution is 5.77. The standard InChI is InChI=1S/C26H24N6O4/c1-36-18-10-8-17(9-11-18)19(24-25(34)28-20-6-2-5-15-32(20)26(24)35)16-23(33)27-13-12-22-30-29-21-7-3-4-14-31(21)22/h2-11,14-15,19,34H,12-13,16H2,1H3,(H,27,33). The minimum Gasteiger partial charge on any atom is -0.497 e. The van der Waals surface area contributed by atoms with Gasteiger partial charge in [-0.15, -0.1) is 10.2 Å². The van der Waals surface area contributed by atoms with E-state index in [2.05, 4.69) is 20.5 Å². The molecule has 0 aliphatic rings. The lowest BCUT2D eigenvalue weighted by molar-refractivity contribution is -0.121. The molecule has 10 heteroatoms. The molecule has 2 N–H and O–H groups in total. The number of methoxy groups -OCH3 is 1. The molecule has 5 rings (SSSR count). The molecule has 36 heavy (non-hydrogen) atoms. The average Bonchev–Trinajstić information content (AvgIpc) is 3.31. The van der Waals surface area contributed by atoms with Crippen molar-refractivity contribution in [3.63, 3.8) is 0 Å². The maximum atomic E-state index is 13.4. The quantitative estimate of drug-likeness (QED) is 0.347. The number of ether oxygens (including phenoxy) is 1. The molecule has 0 saturated carbocycles. The molecule has 0 aliphatic heterocycles. The highest BCUT2D eigenvalue weighted by Crippen LogP contribution is 2.32. The lowest BCUT2D eigenvalue weighted by atomic mass is 9.89. The number of nitrogens with one attached hydrogen (secondary N) is 1. The Morgan fingerprint density at radius 3 is 2.47 bits per heavy atom. The maximum Gasteiger partial charge on any atom is 0.265 e. The van der Waals surface area contributed by atoms with Gasteiger partial charge in [-0.2, -0.15) is 4.98 Å². The van der Waals surface area contributed by atoms with E-state index in [1.165, 1.54) is 4.40 Å². The molecule has 1 atom stereocenters. The van der Waals surface area contributed by atoms with Crippen LogP contribution in [0.15, 0.2) is 77.9 Å². The average molecular weight is 485 g/mol. The van der Waals surface area contributed by atoms with Gasteiger partial charge in [0.15, 0.2) is 5.65 Å². The Kier molecular flexibility index (Phi) is 6.31. The van der Waals surface area contributed by atoms with Gasteiger partial charge in [0.2, 0.25) is 11.8 Å². The zero-order valence-corrected chi connectivity index (χ0v) is 19.5. The van der Waals surface area contributed by atoms with Crippen LogP contribution in [-0.2, 0) is 11.2 Å². The zero-order chi connectivity index (χ0) is 25.1. The van der Waals surface area contributed by atoms with Crippen LogP contribution in [-0.4, -0.2) is 48.7 Å². The molecule has 5 aromatic rings. The van der Waals surface area contributed by atoms with Crippen LogP contribution in [0.1, 0.15) is 29.3 Å². The summed E-state index contributed by atoms with van der Waals surface area (Å²) in [5, 5.41) is 21.9.